The lowest BCUT2D eigenvalue weighted by molar-refractivity contribution is 0.0944. The molecule has 3 aromatic rings. The van der Waals surface area contributed by atoms with E-state index in [2.05, 4.69) is 29.6 Å². The molecule has 0 saturated heterocycles. The second-order valence-electron chi connectivity index (χ2n) is 5.63. The zero-order valence-electron chi connectivity index (χ0n) is 13.3. The van der Waals surface area contributed by atoms with Gasteiger partial charge in [0.25, 0.3) is 5.91 Å². The molecule has 120 valence electrons. The summed E-state index contributed by atoms with van der Waals surface area (Å²) in [6, 6.07) is 18.2. The lowest BCUT2D eigenvalue weighted by Gasteiger charge is -2.16. The van der Waals surface area contributed by atoms with Crippen LogP contribution in [0.5, 0.6) is 5.75 Å². The monoisotopic (exact) mass is 335 g/mol. The molecule has 24 heavy (non-hydrogen) atoms. The number of thiophene rings is 1. The first-order valence-electron chi connectivity index (χ1n) is 7.99. The van der Waals surface area contributed by atoms with E-state index in [0.717, 1.165) is 11.1 Å². The van der Waals surface area contributed by atoms with Gasteiger partial charge in [-0.25, -0.2) is 0 Å². The molecule has 1 amide bonds. The van der Waals surface area contributed by atoms with Crippen LogP contribution < -0.4 is 10.1 Å². The maximum absolute atomic E-state index is 12.8. The molecule has 0 radical (unpaired) electrons. The van der Waals surface area contributed by atoms with Crippen molar-refractivity contribution >= 4 is 17.2 Å². The van der Waals surface area contributed by atoms with Gasteiger partial charge in [0.2, 0.25) is 0 Å². The first-order chi connectivity index (χ1) is 11.8. The zero-order valence-corrected chi connectivity index (χ0v) is 14.1. The van der Waals surface area contributed by atoms with Gasteiger partial charge in [0.1, 0.15) is 10.6 Å². The molecular formula is C20H17NO2S. The highest BCUT2D eigenvalue weighted by molar-refractivity contribution is 7.12. The Morgan fingerprint density at radius 1 is 1.04 bits per heavy atom. The molecule has 0 fully saturated rings. The Morgan fingerprint density at radius 3 is 2.29 bits per heavy atom. The Kier molecular flexibility index (Phi) is 3.82. The topological polar surface area (TPSA) is 38.3 Å². The van der Waals surface area contributed by atoms with Gasteiger partial charge in [-0.3, -0.25) is 4.79 Å². The van der Waals surface area contributed by atoms with Crippen LogP contribution in [0, 0.1) is 0 Å². The number of carbonyl (C=O) groups is 1. The third kappa shape index (κ3) is 2.39. The van der Waals surface area contributed by atoms with Crippen molar-refractivity contribution in [2.24, 2.45) is 0 Å². The summed E-state index contributed by atoms with van der Waals surface area (Å²) in [6.07, 6.45) is 0. The number of benzene rings is 2. The van der Waals surface area contributed by atoms with Crippen molar-refractivity contribution in [3.63, 3.8) is 0 Å². The average molecular weight is 335 g/mol. The number of hydrogen-bond donors (Lipinski definition) is 1. The van der Waals surface area contributed by atoms with E-state index in [4.69, 9.17) is 4.74 Å². The summed E-state index contributed by atoms with van der Waals surface area (Å²) >= 11 is 1.41. The summed E-state index contributed by atoms with van der Waals surface area (Å²) in [6.45, 7) is 2.47. The fourth-order valence-corrected chi connectivity index (χ4v) is 3.98. The predicted molar refractivity (Wildman–Crippen MR) is 96.7 cm³/mol. The van der Waals surface area contributed by atoms with Crippen LogP contribution >= 0.6 is 11.3 Å². The van der Waals surface area contributed by atoms with Gasteiger partial charge in [-0.15, -0.1) is 11.3 Å². The summed E-state index contributed by atoms with van der Waals surface area (Å²) in [4.78, 5) is 13.4. The van der Waals surface area contributed by atoms with Gasteiger partial charge < -0.3 is 10.1 Å². The van der Waals surface area contributed by atoms with Gasteiger partial charge in [-0.2, -0.15) is 0 Å². The van der Waals surface area contributed by atoms with E-state index in [9.17, 15) is 4.79 Å². The molecule has 4 rings (SSSR count). The van der Waals surface area contributed by atoms with Crippen LogP contribution in [0.4, 0.5) is 0 Å². The summed E-state index contributed by atoms with van der Waals surface area (Å²) in [5.74, 6) is 0.560. The molecule has 0 saturated carbocycles. The van der Waals surface area contributed by atoms with Crippen LogP contribution in [0.1, 0.15) is 33.8 Å². The number of ether oxygens (including phenoxy) is 1. The van der Waals surface area contributed by atoms with E-state index in [1.807, 2.05) is 42.6 Å². The van der Waals surface area contributed by atoms with Crippen LogP contribution in [-0.2, 0) is 0 Å². The molecule has 3 nitrogen and oxygen atoms in total. The van der Waals surface area contributed by atoms with Gasteiger partial charge in [0, 0.05) is 0 Å². The maximum atomic E-state index is 12.8. The smallest absolute Gasteiger partial charge is 0.265 e. The molecule has 0 unspecified atom stereocenters. The fourth-order valence-electron chi connectivity index (χ4n) is 3.24. The van der Waals surface area contributed by atoms with Crippen molar-refractivity contribution in [1.29, 1.82) is 0 Å². The number of amides is 1. The predicted octanol–water partition coefficient (Wildman–Crippen LogP) is 4.65. The van der Waals surface area contributed by atoms with E-state index in [1.54, 1.807) is 0 Å². The molecule has 0 bridgehead atoms. The minimum absolute atomic E-state index is 0.0926. The standard InChI is InChI=1S/C20H17NO2S/c1-2-23-17-11-12-24-19(17)20(22)21-18-15-9-5-3-7-13(15)14-8-4-6-10-16(14)18/h3-12,18H,2H2,1H3,(H,21,22). The van der Waals surface area contributed by atoms with Crippen LogP contribution in [0.15, 0.2) is 60.0 Å². The van der Waals surface area contributed by atoms with E-state index in [-0.39, 0.29) is 11.9 Å². The highest BCUT2D eigenvalue weighted by Crippen LogP contribution is 2.43. The molecule has 1 N–H and O–H groups in total. The van der Waals surface area contributed by atoms with Gasteiger partial charge >= 0.3 is 0 Å². The molecule has 1 aliphatic carbocycles. The van der Waals surface area contributed by atoms with Gasteiger partial charge in [0.05, 0.1) is 12.6 Å². The second-order valence-corrected chi connectivity index (χ2v) is 6.54. The summed E-state index contributed by atoms with van der Waals surface area (Å²) in [7, 11) is 0. The number of fused-ring (bicyclic) bond motifs is 3. The second kappa shape index (κ2) is 6.13. The van der Waals surface area contributed by atoms with Crippen molar-refractivity contribution in [2.75, 3.05) is 6.61 Å². The Balaban J connectivity index is 1.70. The Hall–Kier alpha value is -2.59. The first-order valence-corrected chi connectivity index (χ1v) is 8.87. The quantitative estimate of drug-likeness (QED) is 0.754. The number of carbonyl (C=O) groups excluding carboxylic acids is 1. The van der Waals surface area contributed by atoms with E-state index in [0.29, 0.717) is 17.2 Å². The van der Waals surface area contributed by atoms with Crippen molar-refractivity contribution in [2.45, 2.75) is 13.0 Å². The van der Waals surface area contributed by atoms with Gasteiger partial charge in [-0.1, -0.05) is 48.5 Å². The largest absolute Gasteiger partial charge is 0.492 e. The molecule has 4 heteroatoms. The van der Waals surface area contributed by atoms with Crippen molar-refractivity contribution in [3.05, 3.63) is 76.0 Å². The maximum Gasteiger partial charge on any atom is 0.265 e. The number of nitrogens with one attached hydrogen (secondary N) is 1. The highest BCUT2D eigenvalue weighted by Gasteiger charge is 2.30. The zero-order chi connectivity index (χ0) is 16.5. The van der Waals surface area contributed by atoms with Crippen LogP contribution in [0.25, 0.3) is 11.1 Å². The SMILES string of the molecule is CCOc1ccsc1C(=O)NC1c2ccccc2-c2ccccc21. The lowest BCUT2D eigenvalue weighted by atomic mass is 10.1. The lowest BCUT2D eigenvalue weighted by Crippen LogP contribution is -2.27. The third-order valence-corrected chi connectivity index (χ3v) is 5.14. The minimum atomic E-state index is -0.124. The summed E-state index contributed by atoms with van der Waals surface area (Å²) < 4.78 is 5.55. The van der Waals surface area contributed by atoms with Crippen molar-refractivity contribution in [1.82, 2.24) is 5.32 Å². The number of hydrogen-bond acceptors (Lipinski definition) is 3. The van der Waals surface area contributed by atoms with E-state index >= 15 is 0 Å². The third-order valence-electron chi connectivity index (χ3n) is 4.24. The summed E-state index contributed by atoms with van der Waals surface area (Å²) in [5, 5.41) is 5.07. The molecule has 0 aliphatic heterocycles. The van der Waals surface area contributed by atoms with Gasteiger partial charge in [-0.05, 0) is 40.6 Å². The molecule has 1 aromatic heterocycles. The van der Waals surface area contributed by atoms with Crippen molar-refractivity contribution in [3.8, 4) is 16.9 Å². The van der Waals surface area contributed by atoms with Crippen LogP contribution in [-0.4, -0.2) is 12.5 Å². The Bertz CT molecular complexity index is 854. The highest BCUT2D eigenvalue weighted by atomic mass is 32.1. The normalized spacial score (nSPS) is 12.5. The molecule has 1 aliphatic rings. The molecule has 0 atom stereocenters. The molecular weight excluding hydrogens is 318 g/mol. The minimum Gasteiger partial charge on any atom is -0.492 e. The number of rotatable bonds is 4. The van der Waals surface area contributed by atoms with Gasteiger partial charge in [0.15, 0.2) is 0 Å². The van der Waals surface area contributed by atoms with E-state index < -0.39 is 0 Å². The average Bonchev–Trinajstić information content (AvgIpc) is 3.19. The first kappa shape index (κ1) is 15.0. The molecule has 1 heterocycles. The molecule has 2 aromatic carbocycles. The Labute approximate surface area is 144 Å². The van der Waals surface area contributed by atoms with Crippen LogP contribution in [0.2, 0.25) is 0 Å². The molecule has 0 spiro atoms. The fraction of sp³-hybridized carbons (Fsp3) is 0.150. The summed E-state index contributed by atoms with van der Waals surface area (Å²) in [5.41, 5.74) is 4.66. The Morgan fingerprint density at radius 2 is 1.67 bits per heavy atom. The van der Waals surface area contributed by atoms with E-state index in [1.165, 1.54) is 22.5 Å². The van der Waals surface area contributed by atoms with Crippen molar-refractivity contribution < 1.29 is 9.53 Å². The van der Waals surface area contributed by atoms with Crippen LogP contribution in [0.3, 0.4) is 0 Å².